The third-order valence-electron chi connectivity index (χ3n) is 5.98. The van der Waals surface area contributed by atoms with Crippen LogP contribution in [0.1, 0.15) is 45.1 Å². The largest absolute Gasteiger partial charge is 0.468 e. The number of hydrogen-bond acceptors (Lipinski definition) is 7. The number of Topliss-reactive ketones (excluding diaryl/α,β-unsaturated/α-hetero) is 1. The van der Waals surface area contributed by atoms with Gasteiger partial charge in [-0.15, -0.1) is 0 Å². The van der Waals surface area contributed by atoms with Crippen LogP contribution in [0.15, 0.2) is 46.8 Å². The number of ketones is 1. The van der Waals surface area contributed by atoms with E-state index in [1.165, 1.54) is 19.2 Å². The van der Waals surface area contributed by atoms with Crippen LogP contribution < -0.4 is 5.32 Å². The third-order valence-corrected chi connectivity index (χ3v) is 5.98. The minimum atomic E-state index is -0.975. The fourth-order valence-corrected chi connectivity index (χ4v) is 4.46. The van der Waals surface area contributed by atoms with Gasteiger partial charge >= 0.3 is 11.9 Å². The van der Waals surface area contributed by atoms with Gasteiger partial charge in [0.25, 0.3) is 0 Å². The number of nitrogens with one attached hydrogen (secondary N) is 1. The van der Waals surface area contributed by atoms with Gasteiger partial charge in [-0.2, -0.15) is 0 Å². The molecule has 0 saturated heterocycles. The number of allylic oxidation sites excluding steroid dienone is 3. The van der Waals surface area contributed by atoms with Gasteiger partial charge < -0.3 is 19.5 Å². The van der Waals surface area contributed by atoms with Crippen molar-refractivity contribution in [3.8, 4) is 0 Å². The Balaban J connectivity index is 2.01. The van der Waals surface area contributed by atoms with E-state index in [2.05, 4.69) is 5.32 Å². The van der Waals surface area contributed by atoms with E-state index < -0.39 is 35.4 Å². The molecular formula is C25H30FNO6. The van der Waals surface area contributed by atoms with Gasteiger partial charge in [-0.05, 0) is 43.4 Å². The number of ether oxygens (including phenoxy) is 3. The zero-order valence-electron chi connectivity index (χ0n) is 19.4. The lowest BCUT2D eigenvalue weighted by Gasteiger charge is -2.38. The molecule has 0 unspecified atom stereocenters. The summed E-state index contributed by atoms with van der Waals surface area (Å²) in [5.74, 6) is -4.09. The molecule has 2 aliphatic rings. The van der Waals surface area contributed by atoms with Crippen LogP contribution in [0.3, 0.4) is 0 Å². The average molecular weight is 460 g/mol. The summed E-state index contributed by atoms with van der Waals surface area (Å²) in [5, 5.41) is 3.19. The lowest BCUT2D eigenvalue weighted by atomic mass is 9.69. The summed E-state index contributed by atoms with van der Waals surface area (Å²) in [6, 6.07) is 5.64. The first kappa shape index (κ1) is 24.6. The number of halogens is 1. The molecule has 3 atom stereocenters. The molecule has 0 saturated carbocycles. The van der Waals surface area contributed by atoms with Crippen molar-refractivity contribution in [3.63, 3.8) is 0 Å². The van der Waals surface area contributed by atoms with Crippen molar-refractivity contribution in [2.45, 2.75) is 39.5 Å². The maximum absolute atomic E-state index is 13.7. The Morgan fingerprint density at radius 2 is 1.85 bits per heavy atom. The molecule has 0 aromatic heterocycles. The number of esters is 2. The second-order valence-corrected chi connectivity index (χ2v) is 8.34. The van der Waals surface area contributed by atoms with Crippen molar-refractivity contribution in [1.29, 1.82) is 0 Å². The van der Waals surface area contributed by atoms with Crippen LogP contribution in [0.5, 0.6) is 0 Å². The first-order valence-electron chi connectivity index (χ1n) is 11.1. The van der Waals surface area contributed by atoms with Gasteiger partial charge in [0.15, 0.2) is 5.78 Å². The van der Waals surface area contributed by atoms with Crippen molar-refractivity contribution in [2.24, 2.45) is 11.8 Å². The second kappa shape index (κ2) is 10.7. The van der Waals surface area contributed by atoms with Crippen molar-refractivity contribution >= 4 is 17.7 Å². The van der Waals surface area contributed by atoms with Gasteiger partial charge in [0, 0.05) is 29.5 Å². The van der Waals surface area contributed by atoms with Crippen LogP contribution in [-0.2, 0) is 28.6 Å². The molecule has 1 heterocycles. The summed E-state index contributed by atoms with van der Waals surface area (Å²) in [6.07, 6.45) is 1.29. The molecule has 0 bridgehead atoms. The highest BCUT2D eigenvalue weighted by Crippen LogP contribution is 2.45. The molecular weight excluding hydrogens is 429 g/mol. The number of carbonyl (C=O) groups is 3. The van der Waals surface area contributed by atoms with E-state index in [-0.39, 0.29) is 24.7 Å². The fraction of sp³-hybridized carbons (Fsp3) is 0.480. The van der Waals surface area contributed by atoms with Crippen molar-refractivity contribution in [1.82, 2.24) is 5.32 Å². The van der Waals surface area contributed by atoms with Gasteiger partial charge in [0.2, 0.25) is 0 Å². The maximum atomic E-state index is 13.7. The van der Waals surface area contributed by atoms with E-state index >= 15 is 0 Å². The molecule has 33 heavy (non-hydrogen) atoms. The molecule has 0 amide bonds. The lowest BCUT2D eigenvalue weighted by molar-refractivity contribution is -0.151. The Bertz CT molecular complexity index is 981. The van der Waals surface area contributed by atoms with Crippen molar-refractivity contribution in [3.05, 3.63) is 58.2 Å². The maximum Gasteiger partial charge on any atom is 0.336 e. The minimum Gasteiger partial charge on any atom is -0.468 e. The molecule has 7 nitrogen and oxygen atoms in total. The molecule has 3 rings (SSSR count). The zero-order valence-corrected chi connectivity index (χ0v) is 19.4. The van der Waals surface area contributed by atoms with Crippen LogP contribution in [0.25, 0.3) is 0 Å². The van der Waals surface area contributed by atoms with E-state index in [4.69, 9.17) is 14.2 Å². The summed E-state index contributed by atoms with van der Waals surface area (Å²) in [5.41, 5.74) is 2.34. The van der Waals surface area contributed by atoms with Crippen LogP contribution in [-0.4, -0.2) is 44.7 Å². The topological polar surface area (TPSA) is 90.9 Å². The van der Waals surface area contributed by atoms with Crippen LogP contribution in [0.2, 0.25) is 0 Å². The normalized spacial score (nSPS) is 22.6. The summed E-state index contributed by atoms with van der Waals surface area (Å²) in [4.78, 5) is 39.1. The summed E-state index contributed by atoms with van der Waals surface area (Å²) in [7, 11) is 1.25. The molecule has 1 N–H and O–H groups in total. The van der Waals surface area contributed by atoms with Gasteiger partial charge in [0.1, 0.15) is 18.3 Å². The Morgan fingerprint density at radius 1 is 1.15 bits per heavy atom. The van der Waals surface area contributed by atoms with E-state index in [1.54, 1.807) is 19.1 Å². The quantitative estimate of drug-likeness (QED) is 0.362. The summed E-state index contributed by atoms with van der Waals surface area (Å²) in [6.45, 7) is 6.43. The average Bonchev–Trinajstić information content (AvgIpc) is 2.78. The molecule has 0 spiro atoms. The van der Waals surface area contributed by atoms with Crippen molar-refractivity contribution in [2.75, 3.05) is 26.9 Å². The first-order chi connectivity index (χ1) is 15.8. The van der Waals surface area contributed by atoms with Crippen molar-refractivity contribution < 1.29 is 33.0 Å². The highest BCUT2D eigenvalue weighted by molar-refractivity contribution is 6.12. The first-order valence-corrected chi connectivity index (χ1v) is 11.1. The number of benzene rings is 1. The summed E-state index contributed by atoms with van der Waals surface area (Å²) >= 11 is 0. The Kier molecular flexibility index (Phi) is 8.02. The minimum absolute atomic E-state index is 0.0629. The van der Waals surface area contributed by atoms with Gasteiger partial charge in [0.05, 0.1) is 19.3 Å². The SMILES string of the molecule is CCCOCCOC(=O)C1=C(C)NC2=C(C(=O)[C@@H](C(=O)OC)[C@@H](C)C2)[C@@H]1c1ccc(F)cc1. The molecule has 8 heteroatoms. The van der Waals surface area contributed by atoms with Crippen LogP contribution in [0, 0.1) is 17.7 Å². The molecule has 1 aliphatic carbocycles. The highest BCUT2D eigenvalue weighted by Gasteiger charge is 2.47. The van der Waals surface area contributed by atoms with E-state index in [9.17, 15) is 18.8 Å². The number of dihydropyridines is 1. The predicted octanol–water partition coefficient (Wildman–Crippen LogP) is 3.41. The predicted molar refractivity (Wildman–Crippen MR) is 118 cm³/mol. The van der Waals surface area contributed by atoms with E-state index in [0.717, 1.165) is 6.42 Å². The zero-order chi connectivity index (χ0) is 24.1. The van der Waals surface area contributed by atoms with Gasteiger partial charge in [-0.3, -0.25) is 9.59 Å². The molecule has 178 valence electrons. The fourth-order valence-electron chi connectivity index (χ4n) is 4.46. The molecule has 1 aliphatic heterocycles. The smallest absolute Gasteiger partial charge is 0.336 e. The van der Waals surface area contributed by atoms with Crippen LogP contribution in [0.4, 0.5) is 4.39 Å². The Hall–Kier alpha value is -3.00. The van der Waals surface area contributed by atoms with Crippen LogP contribution >= 0.6 is 0 Å². The third kappa shape index (κ3) is 5.16. The standard InChI is InChI=1S/C25H30FNO6/c1-5-10-32-11-12-33-25(30)20-15(3)27-18-13-14(2)19(24(29)31-4)23(28)22(18)21(20)16-6-8-17(26)9-7-16/h6-9,14,19,21,27H,5,10-13H2,1-4H3/t14-,19-,21+/m0/s1. The molecule has 0 fully saturated rings. The Labute approximate surface area is 193 Å². The van der Waals surface area contributed by atoms with E-state index in [1.807, 2.05) is 13.8 Å². The number of carbonyl (C=O) groups excluding carboxylic acids is 3. The summed E-state index contributed by atoms with van der Waals surface area (Å²) < 4.78 is 29.4. The van der Waals surface area contributed by atoms with Gasteiger partial charge in [-0.1, -0.05) is 26.0 Å². The molecule has 1 aromatic carbocycles. The monoisotopic (exact) mass is 459 g/mol. The second-order valence-electron chi connectivity index (χ2n) is 8.34. The van der Waals surface area contributed by atoms with E-state index in [0.29, 0.717) is 35.6 Å². The Morgan fingerprint density at radius 3 is 2.48 bits per heavy atom. The number of hydrogen-bond donors (Lipinski definition) is 1. The number of methoxy groups -OCH3 is 1. The highest BCUT2D eigenvalue weighted by atomic mass is 19.1. The van der Waals surface area contributed by atoms with Gasteiger partial charge in [-0.25, -0.2) is 9.18 Å². The number of rotatable bonds is 8. The molecule has 1 aromatic rings. The molecule has 0 radical (unpaired) electrons. The lowest BCUT2D eigenvalue weighted by Crippen LogP contribution is -2.43.